The van der Waals surface area contributed by atoms with Crippen molar-refractivity contribution >= 4 is 29.3 Å². The van der Waals surface area contributed by atoms with Gasteiger partial charge < -0.3 is 15.2 Å². The summed E-state index contributed by atoms with van der Waals surface area (Å²) in [6.45, 7) is 0. The molecule has 3 aromatic rings. The Hall–Kier alpha value is -3.66. The molecule has 1 amide bonds. The van der Waals surface area contributed by atoms with E-state index in [-0.39, 0.29) is 35.4 Å². The Morgan fingerprint density at radius 3 is 2.40 bits per heavy atom. The molecule has 0 spiro atoms. The maximum absolute atomic E-state index is 12.1. The molecular weight excluding hydrogens is 408 g/mol. The average molecular weight is 426 g/mol. The standard InChI is InChI=1S/C20H18N4O5S/c25-17(12-30-20-22-19(28)16(23-24-20)10-11-18(26)27)21-13-6-8-15(9-7-13)29-14-4-2-1-3-5-14/h1-9H,10-12H2,(H,21,25)(H,26,27)(H,22,24,28). The van der Waals surface area contributed by atoms with E-state index < -0.39 is 11.5 Å². The van der Waals surface area contributed by atoms with Crippen LogP contribution in [0.4, 0.5) is 5.69 Å². The minimum atomic E-state index is -1.02. The summed E-state index contributed by atoms with van der Waals surface area (Å²) in [5.41, 5.74) is 0.136. The molecule has 0 radical (unpaired) electrons. The van der Waals surface area contributed by atoms with Gasteiger partial charge in [-0.05, 0) is 36.4 Å². The van der Waals surface area contributed by atoms with Gasteiger partial charge in [0.25, 0.3) is 5.56 Å². The number of nitrogens with one attached hydrogen (secondary N) is 2. The van der Waals surface area contributed by atoms with E-state index in [2.05, 4.69) is 20.5 Å². The van der Waals surface area contributed by atoms with Crippen molar-refractivity contribution in [3.8, 4) is 11.5 Å². The molecule has 30 heavy (non-hydrogen) atoms. The highest BCUT2D eigenvalue weighted by Crippen LogP contribution is 2.22. The molecule has 0 aliphatic carbocycles. The maximum Gasteiger partial charge on any atom is 0.303 e. The number of anilines is 1. The van der Waals surface area contributed by atoms with Crippen LogP contribution < -0.4 is 15.6 Å². The van der Waals surface area contributed by atoms with Crippen molar-refractivity contribution in [2.75, 3.05) is 11.1 Å². The van der Waals surface area contributed by atoms with Gasteiger partial charge in [-0.1, -0.05) is 30.0 Å². The van der Waals surface area contributed by atoms with Gasteiger partial charge in [0, 0.05) is 12.1 Å². The van der Waals surface area contributed by atoms with Crippen molar-refractivity contribution in [3.05, 3.63) is 70.6 Å². The van der Waals surface area contributed by atoms with Crippen molar-refractivity contribution in [2.45, 2.75) is 18.0 Å². The molecule has 0 atom stereocenters. The average Bonchev–Trinajstić information content (AvgIpc) is 2.73. The molecular formula is C20H18N4O5S. The quantitative estimate of drug-likeness (QED) is 0.445. The predicted molar refractivity (Wildman–Crippen MR) is 111 cm³/mol. The minimum absolute atomic E-state index is 0.00686. The van der Waals surface area contributed by atoms with Gasteiger partial charge in [-0.15, -0.1) is 10.2 Å². The van der Waals surface area contributed by atoms with Crippen LogP contribution in [-0.2, 0) is 16.0 Å². The zero-order chi connectivity index (χ0) is 21.3. The number of benzene rings is 2. The van der Waals surface area contributed by atoms with E-state index in [1.807, 2.05) is 30.3 Å². The number of carboxylic acid groups (broad SMARTS) is 1. The first-order valence-corrected chi connectivity index (χ1v) is 9.91. The van der Waals surface area contributed by atoms with Crippen LogP contribution >= 0.6 is 11.8 Å². The van der Waals surface area contributed by atoms with Crippen LogP contribution in [0.15, 0.2) is 64.5 Å². The number of H-pyrrole nitrogens is 1. The molecule has 0 bridgehead atoms. The van der Waals surface area contributed by atoms with Crippen LogP contribution in [0.5, 0.6) is 11.5 Å². The Labute approximate surface area is 175 Å². The van der Waals surface area contributed by atoms with Crippen LogP contribution in [0, 0.1) is 0 Å². The summed E-state index contributed by atoms with van der Waals surface area (Å²) in [6.07, 6.45) is -0.213. The number of rotatable bonds is 9. The lowest BCUT2D eigenvalue weighted by Gasteiger charge is -2.08. The Morgan fingerprint density at radius 2 is 1.73 bits per heavy atom. The number of carbonyl (C=O) groups is 2. The minimum Gasteiger partial charge on any atom is -0.481 e. The fourth-order valence-corrected chi connectivity index (χ4v) is 2.96. The third-order valence-corrected chi connectivity index (χ3v) is 4.64. The summed E-state index contributed by atoms with van der Waals surface area (Å²) >= 11 is 1.02. The summed E-state index contributed by atoms with van der Waals surface area (Å²) in [4.78, 5) is 37.1. The molecule has 0 saturated carbocycles. The van der Waals surface area contributed by atoms with Crippen LogP contribution in [0.1, 0.15) is 12.1 Å². The first-order chi connectivity index (χ1) is 14.5. The molecule has 0 saturated heterocycles. The van der Waals surface area contributed by atoms with Gasteiger partial charge in [-0.2, -0.15) is 0 Å². The zero-order valence-electron chi connectivity index (χ0n) is 15.7. The summed E-state index contributed by atoms with van der Waals surface area (Å²) in [6, 6.07) is 16.3. The van der Waals surface area contributed by atoms with Gasteiger partial charge in [0.15, 0.2) is 5.16 Å². The molecule has 2 aromatic carbocycles. The lowest BCUT2D eigenvalue weighted by atomic mass is 10.2. The van der Waals surface area contributed by atoms with Gasteiger partial charge in [0.2, 0.25) is 5.91 Å². The molecule has 1 aromatic heterocycles. The highest BCUT2D eigenvalue weighted by Gasteiger charge is 2.10. The van der Waals surface area contributed by atoms with Crippen molar-refractivity contribution in [3.63, 3.8) is 0 Å². The normalized spacial score (nSPS) is 10.4. The van der Waals surface area contributed by atoms with E-state index in [0.717, 1.165) is 17.5 Å². The van der Waals surface area contributed by atoms with Gasteiger partial charge in [0.1, 0.15) is 17.2 Å². The lowest BCUT2D eigenvalue weighted by Crippen LogP contribution is -2.19. The Bertz CT molecular complexity index is 1070. The number of aryl methyl sites for hydroxylation is 1. The molecule has 0 fully saturated rings. The summed E-state index contributed by atoms with van der Waals surface area (Å²) in [5.74, 6) is 0.0703. The molecule has 3 N–H and O–H groups in total. The van der Waals surface area contributed by atoms with E-state index in [9.17, 15) is 14.4 Å². The van der Waals surface area contributed by atoms with E-state index >= 15 is 0 Å². The number of ether oxygens (including phenoxy) is 1. The van der Waals surface area contributed by atoms with Crippen molar-refractivity contribution < 1.29 is 19.4 Å². The number of hydrogen-bond donors (Lipinski definition) is 3. The van der Waals surface area contributed by atoms with Gasteiger partial charge >= 0.3 is 5.97 Å². The van der Waals surface area contributed by atoms with Crippen LogP contribution in [0.2, 0.25) is 0 Å². The Kier molecular flexibility index (Phi) is 7.17. The molecule has 0 aliphatic rings. The van der Waals surface area contributed by atoms with E-state index in [4.69, 9.17) is 9.84 Å². The number of hydrogen-bond acceptors (Lipinski definition) is 7. The third-order valence-electron chi connectivity index (χ3n) is 3.78. The zero-order valence-corrected chi connectivity index (χ0v) is 16.5. The van der Waals surface area contributed by atoms with E-state index in [1.54, 1.807) is 24.3 Å². The monoisotopic (exact) mass is 426 g/mol. The van der Waals surface area contributed by atoms with E-state index in [0.29, 0.717) is 11.4 Å². The Balaban J connectivity index is 1.49. The Morgan fingerprint density at radius 1 is 1.03 bits per heavy atom. The van der Waals surface area contributed by atoms with Crippen molar-refractivity contribution in [1.29, 1.82) is 0 Å². The second kappa shape index (κ2) is 10.2. The molecule has 0 unspecified atom stereocenters. The number of nitrogens with zero attached hydrogens (tertiary/aromatic N) is 2. The molecule has 3 rings (SSSR count). The van der Waals surface area contributed by atoms with Crippen molar-refractivity contribution in [1.82, 2.24) is 15.2 Å². The number of thioether (sulfide) groups is 1. The first kappa shape index (κ1) is 21.1. The smallest absolute Gasteiger partial charge is 0.303 e. The van der Waals surface area contributed by atoms with Gasteiger partial charge in [-0.25, -0.2) is 0 Å². The molecule has 154 valence electrons. The number of aromatic nitrogens is 3. The fraction of sp³-hybridized carbons (Fsp3) is 0.150. The fourth-order valence-electron chi connectivity index (χ4n) is 2.36. The lowest BCUT2D eigenvalue weighted by molar-refractivity contribution is -0.137. The van der Waals surface area contributed by atoms with E-state index in [1.165, 1.54) is 0 Å². The SMILES string of the molecule is O=C(O)CCc1nnc(SCC(=O)Nc2ccc(Oc3ccccc3)cc2)[nH]c1=O. The number of amides is 1. The largest absolute Gasteiger partial charge is 0.481 e. The van der Waals surface area contributed by atoms with Crippen LogP contribution in [-0.4, -0.2) is 37.9 Å². The number of para-hydroxylation sites is 1. The molecule has 0 aliphatic heterocycles. The molecule has 9 nitrogen and oxygen atoms in total. The number of aliphatic carboxylic acids is 1. The maximum atomic E-state index is 12.1. The number of carboxylic acids is 1. The highest BCUT2D eigenvalue weighted by molar-refractivity contribution is 7.99. The van der Waals surface area contributed by atoms with Gasteiger partial charge in [-0.3, -0.25) is 19.4 Å². The molecule has 1 heterocycles. The van der Waals surface area contributed by atoms with Gasteiger partial charge in [0.05, 0.1) is 12.2 Å². The molecule has 10 heteroatoms. The second-order valence-corrected chi connectivity index (χ2v) is 7.04. The summed E-state index contributed by atoms with van der Waals surface area (Å²) < 4.78 is 5.70. The van der Waals surface area contributed by atoms with Crippen molar-refractivity contribution in [2.24, 2.45) is 0 Å². The predicted octanol–water partition coefficient (Wildman–Crippen LogP) is 2.71. The first-order valence-electron chi connectivity index (χ1n) is 8.93. The number of carbonyl (C=O) groups excluding carboxylic acids is 1. The number of aromatic amines is 1. The van der Waals surface area contributed by atoms with Crippen LogP contribution in [0.3, 0.4) is 0 Å². The summed E-state index contributed by atoms with van der Waals surface area (Å²) in [7, 11) is 0. The highest BCUT2D eigenvalue weighted by atomic mass is 32.2. The van der Waals surface area contributed by atoms with Crippen LogP contribution in [0.25, 0.3) is 0 Å². The topological polar surface area (TPSA) is 134 Å². The third kappa shape index (κ3) is 6.45. The summed E-state index contributed by atoms with van der Waals surface area (Å²) in [5, 5.41) is 19.1. The second-order valence-electron chi connectivity index (χ2n) is 6.08.